The number of benzene rings is 2. The second kappa shape index (κ2) is 6.04. The largest absolute Gasteiger partial charge is 0.357 e. The molecule has 1 heterocycles. The summed E-state index contributed by atoms with van der Waals surface area (Å²) < 4.78 is 17.9. The summed E-state index contributed by atoms with van der Waals surface area (Å²) in [6, 6.07) is 11.4. The second-order valence-electron chi connectivity index (χ2n) is 5.21. The van der Waals surface area contributed by atoms with Gasteiger partial charge in [0, 0.05) is 19.2 Å². The molecular weight excluding hydrogens is 328 g/mol. The number of nitro benzene ring substituents is 1. The smallest absolute Gasteiger partial charge is 0.270 e. The monoisotopic (exact) mass is 344 g/mol. The summed E-state index contributed by atoms with van der Waals surface area (Å²) in [7, 11) is -1.41. The zero-order valence-corrected chi connectivity index (χ0v) is 14.0. The summed E-state index contributed by atoms with van der Waals surface area (Å²) in [5, 5.41) is 13.9. The van der Waals surface area contributed by atoms with Crippen LogP contribution in [0.2, 0.25) is 0 Å². The van der Waals surface area contributed by atoms with Crippen LogP contribution in [0.4, 0.5) is 11.4 Å². The van der Waals surface area contributed by atoms with Crippen LogP contribution in [0.15, 0.2) is 61.6 Å². The van der Waals surface area contributed by atoms with E-state index in [9.17, 15) is 14.3 Å². The first kappa shape index (κ1) is 16.1. The Hall–Kier alpha value is -2.74. The molecule has 8 heteroatoms. The fourth-order valence-electron chi connectivity index (χ4n) is 2.43. The van der Waals surface area contributed by atoms with Gasteiger partial charge in [-0.2, -0.15) is 4.36 Å². The molecular formula is C16H16N4O3S. The van der Waals surface area contributed by atoms with Gasteiger partial charge >= 0.3 is 0 Å². The highest BCUT2D eigenvalue weighted by Gasteiger charge is 2.27. The van der Waals surface area contributed by atoms with Crippen LogP contribution in [0.25, 0.3) is 0 Å². The molecule has 2 aromatic rings. The zero-order valence-electron chi connectivity index (χ0n) is 13.2. The maximum absolute atomic E-state index is 13.7. The standard InChI is InChI=1S/C16H16N4O3S/c1-3-11-4-7-13(8-5-11)24(23)15-10-12(20(21)22)6-9-14(15)18-16(17-2)19-24/h4-10H,3H2,1-2H3,(H,17,18,19,23). The number of aryl methyl sites for hydroxylation is 1. The van der Waals surface area contributed by atoms with Crippen molar-refractivity contribution in [1.29, 1.82) is 0 Å². The van der Waals surface area contributed by atoms with E-state index in [1.807, 2.05) is 19.1 Å². The molecule has 2 aromatic carbocycles. The molecule has 0 saturated carbocycles. The van der Waals surface area contributed by atoms with Crippen LogP contribution < -0.4 is 5.32 Å². The number of nitrogens with one attached hydrogen (secondary N) is 1. The van der Waals surface area contributed by atoms with E-state index in [1.165, 1.54) is 18.2 Å². The third kappa shape index (κ3) is 2.65. The van der Waals surface area contributed by atoms with Gasteiger partial charge in [0.2, 0.25) is 5.96 Å². The van der Waals surface area contributed by atoms with Crippen molar-refractivity contribution in [3.63, 3.8) is 0 Å². The molecule has 124 valence electrons. The fourth-order valence-corrected chi connectivity index (χ4v) is 4.44. The van der Waals surface area contributed by atoms with Gasteiger partial charge < -0.3 is 5.32 Å². The Bertz CT molecular complexity index is 958. The number of hydrogen-bond acceptors (Lipinski definition) is 6. The molecule has 0 radical (unpaired) electrons. The van der Waals surface area contributed by atoms with Gasteiger partial charge in [-0.3, -0.25) is 10.1 Å². The van der Waals surface area contributed by atoms with Crippen molar-refractivity contribution in [3.8, 4) is 0 Å². The fraction of sp³-hybridized carbons (Fsp3) is 0.188. The lowest BCUT2D eigenvalue weighted by Gasteiger charge is -2.18. The van der Waals surface area contributed by atoms with Crippen molar-refractivity contribution in [3.05, 3.63) is 58.1 Å². The average Bonchev–Trinajstić information content (AvgIpc) is 2.61. The van der Waals surface area contributed by atoms with E-state index in [4.69, 9.17) is 0 Å². The molecule has 0 aromatic heterocycles. The minimum atomic E-state index is -3.04. The number of nitro groups is 1. The van der Waals surface area contributed by atoms with Crippen LogP contribution in [0, 0.1) is 10.1 Å². The Morgan fingerprint density at radius 3 is 2.50 bits per heavy atom. The first-order valence-corrected chi connectivity index (χ1v) is 8.90. The van der Waals surface area contributed by atoms with E-state index in [0.29, 0.717) is 10.6 Å². The van der Waals surface area contributed by atoms with E-state index >= 15 is 0 Å². The molecule has 0 spiro atoms. The molecule has 0 aliphatic carbocycles. The Morgan fingerprint density at radius 1 is 1.21 bits per heavy atom. The highest BCUT2D eigenvalue weighted by atomic mass is 32.2. The van der Waals surface area contributed by atoms with Crippen molar-refractivity contribution in [2.75, 3.05) is 7.05 Å². The van der Waals surface area contributed by atoms with E-state index in [2.05, 4.69) is 14.7 Å². The summed E-state index contributed by atoms with van der Waals surface area (Å²) in [6.07, 6.45) is 0.865. The maximum atomic E-state index is 13.7. The summed E-state index contributed by atoms with van der Waals surface area (Å²) in [4.78, 5) is 15.6. The third-order valence-electron chi connectivity index (χ3n) is 3.77. The number of aliphatic imine (C=N–C) groups is 1. The van der Waals surface area contributed by atoms with Crippen molar-refractivity contribution in [1.82, 2.24) is 5.32 Å². The SMILES string of the molecule is CCc1ccc(S2(=O)=NC(NC)=Nc3ccc([N+](=O)[O-])cc32)cc1. The lowest BCUT2D eigenvalue weighted by Crippen LogP contribution is -2.21. The number of nitrogens with zero attached hydrogens (tertiary/aromatic N) is 3. The van der Waals surface area contributed by atoms with Crippen LogP contribution in [0.3, 0.4) is 0 Å². The van der Waals surface area contributed by atoms with Gasteiger partial charge in [0.05, 0.1) is 20.4 Å². The summed E-state index contributed by atoms with van der Waals surface area (Å²) in [5.41, 5.74) is 1.40. The van der Waals surface area contributed by atoms with E-state index in [-0.39, 0.29) is 16.5 Å². The molecule has 0 fully saturated rings. The molecule has 1 N–H and O–H groups in total. The van der Waals surface area contributed by atoms with Crippen LogP contribution in [0.5, 0.6) is 0 Å². The molecule has 0 bridgehead atoms. The summed E-state index contributed by atoms with van der Waals surface area (Å²) >= 11 is 0. The Kier molecular flexibility index (Phi) is 4.06. The first-order chi connectivity index (χ1) is 11.5. The normalized spacial score (nSPS) is 19.0. The zero-order chi connectivity index (χ0) is 17.3. The third-order valence-corrected chi connectivity index (χ3v) is 6.03. The lowest BCUT2D eigenvalue weighted by atomic mass is 10.2. The maximum Gasteiger partial charge on any atom is 0.270 e. The van der Waals surface area contributed by atoms with Gasteiger partial charge in [-0.1, -0.05) is 19.1 Å². The Morgan fingerprint density at radius 2 is 1.92 bits per heavy atom. The quantitative estimate of drug-likeness (QED) is 0.682. The molecule has 1 unspecified atom stereocenters. The topological polar surface area (TPSA) is 97.0 Å². The van der Waals surface area contributed by atoms with E-state index in [0.717, 1.165) is 12.0 Å². The van der Waals surface area contributed by atoms with Crippen LogP contribution in [-0.4, -0.2) is 22.1 Å². The predicted octanol–water partition coefficient (Wildman–Crippen LogP) is 3.26. The lowest BCUT2D eigenvalue weighted by molar-refractivity contribution is -0.385. The molecule has 0 amide bonds. The molecule has 3 rings (SSSR count). The van der Waals surface area contributed by atoms with E-state index in [1.54, 1.807) is 19.2 Å². The number of guanidine groups is 1. The van der Waals surface area contributed by atoms with Gasteiger partial charge in [0.25, 0.3) is 5.69 Å². The van der Waals surface area contributed by atoms with Gasteiger partial charge in [0.1, 0.15) is 9.73 Å². The molecule has 1 atom stereocenters. The van der Waals surface area contributed by atoms with Gasteiger partial charge in [-0.05, 0) is 30.2 Å². The summed E-state index contributed by atoms with van der Waals surface area (Å²) in [5.74, 6) is 0.237. The summed E-state index contributed by atoms with van der Waals surface area (Å²) in [6.45, 7) is 2.03. The second-order valence-corrected chi connectivity index (χ2v) is 7.35. The van der Waals surface area contributed by atoms with Crippen molar-refractivity contribution in [2.45, 2.75) is 23.1 Å². The van der Waals surface area contributed by atoms with E-state index < -0.39 is 14.7 Å². The Balaban J connectivity index is 2.27. The number of hydrogen-bond donors (Lipinski definition) is 1. The molecule has 7 nitrogen and oxygen atoms in total. The number of non-ortho nitro benzene ring substituents is 1. The van der Waals surface area contributed by atoms with Crippen molar-refractivity contribution >= 4 is 27.1 Å². The molecule has 0 saturated heterocycles. The Labute approximate surface area is 139 Å². The molecule has 1 aliphatic rings. The molecule has 24 heavy (non-hydrogen) atoms. The van der Waals surface area contributed by atoms with Gasteiger partial charge in [0.15, 0.2) is 0 Å². The van der Waals surface area contributed by atoms with Crippen LogP contribution >= 0.6 is 0 Å². The average molecular weight is 344 g/mol. The minimum absolute atomic E-state index is 0.134. The highest BCUT2D eigenvalue weighted by molar-refractivity contribution is 7.94. The molecule has 1 aliphatic heterocycles. The van der Waals surface area contributed by atoms with Crippen molar-refractivity contribution < 1.29 is 9.13 Å². The first-order valence-electron chi connectivity index (χ1n) is 7.39. The number of rotatable bonds is 3. The van der Waals surface area contributed by atoms with Gasteiger partial charge in [-0.15, -0.1) is 0 Å². The van der Waals surface area contributed by atoms with Crippen molar-refractivity contribution in [2.24, 2.45) is 9.36 Å². The predicted molar refractivity (Wildman–Crippen MR) is 92.2 cm³/mol. The van der Waals surface area contributed by atoms with Crippen LogP contribution in [0.1, 0.15) is 12.5 Å². The highest BCUT2D eigenvalue weighted by Crippen LogP contribution is 2.37. The van der Waals surface area contributed by atoms with Gasteiger partial charge in [-0.25, -0.2) is 9.20 Å². The van der Waals surface area contributed by atoms with Crippen LogP contribution in [-0.2, 0) is 16.1 Å². The number of fused-ring (bicyclic) bond motifs is 1. The minimum Gasteiger partial charge on any atom is -0.357 e.